The number of sulfonamides is 1. The van der Waals surface area contributed by atoms with Gasteiger partial charge in [-0.1, -0.05) is 13.8 Å². The number of hydrogen-bond donors (Lipinski definition) is 2. The number of likely N-dealkylation sites (tertiary alicyclic amines) is 1. The average Bonchev–Trinajstić information content (AvgIpc) is 3.04. The van der Waals surface area contributed by atoms with Crippen LogP contribution in [0.3, 0.4) is 0 Å². The van der Waals surface area contributed by atoms with Crippen molar-refractivity contribution in [2.75, 3.05) is 19.3 Å². The number of fused-ring (bicyclic) bond motifs is 1. The van der Waals surface area contributed by atoms with Crippen LogP contribution in [-0.2, 0) is 16.6 Å². The Kier molecular flexibility index (Phi) is 4.45. The zero-order valence-corrected chi connectivity index (χ0v) is 14.7. The molecule has 2 aromatic heterocycles. The van der Waals surface area contributed by atoms with Gasteiger partial charge >= 0.3 is 0 Å². The predicted octanol–water partition coefficient (Wildman–Crippen LogP) is -0.577. The third kappa shape index (κ3) is 3.65. The van der Waals surface area contributed by atoms with Crippen LogP contribution in [0.4, 0.5) is 0 Å². The molecule has 2 atom stereocenters. The minimum Gasteiger partial charge on any atom is -0.296 e. The Balaban J connectivity index is 1.78. The lowest BCUT2D eigenvalue weighted by Gasteiger charge is -2.21. The topological polar surface area (TPSA) is 112 Å². The Bertz CT molecular complexity index is 887. The molecule has 1 fully saturated rings. The first-order valence-electron chi connectivity index (χ1n) is 7.84. The quantitative estimate of drug-likeness (QED) is 0.743. The number of H-pyrrole nitrogens is 1. The summed E-state index contributed by atoms with van der Waals surface area (Å²) in [5.41, 5.74) is 0.424. The van der Waals surface area contributed by atoms with Crippen molar-refractivity contribution in [1.82, 2.24) is 29.2 Å². The van der Waals surface area contributed by atoms with Gasteiger partial charge in [0.05, 0.1) is 11.9 Å². The SMILES string of the molecule is CC(C)[C@@H]1CN(Cc2cc(=O)n3[nH]cnc3n2)C[C@H]1NS(C)(=O)=O. The van der Waals surface area contributed by atoms with Gasteiger partial charge in [0.2, 0.25) is 10.0 Å². The zero-order valence-electron chi connectivity index (χ0n) is 13.9. The van der Waals surface area contributed by atoms with Crippen LogP contribution in [0.2, 0.25) is 0 Å². The number of nitrogens with one attached hydrogen (secondary N) is 2. The summed E-state index contributed by atoms with van der Waals surface area (Å²) in [5.74, 6) is 0.902. The lowest BCUT2D eigenvalue weighted by atomic mass is 9.92. The fraction of sp³-hybridized carbons (Fsp3) is 0.643. The van der Waals surface area contributed by atoms with Crippen molar-refractivity contribution in [3.05, 3.63) is 28.4 Å². The minimum atomic E-state index is -3.26. The molecule has 0 bridgehead atoms. The second-order valence-electron chi connectivity index (χ2n) is 6.71. The zero-order chi connectivity index (χ0) is 17.5. The highest BCUT2D eigenvalue weighted by Crippen LogP contribution is 2.25. The lowest BCUT2D eigenvalue weighted by molar-refractivity contribution is 0.293. The molecule has 24 heavy (non-hydrogen) atoms. The molecule has 0 aliphatic carbocycles. The van der Waals surface area contributed by atoms with Crippen LogP contribution >= 0.6 is 0 Å². The van der Waals surface area contributed by atoms with E-state index in [4.69, 9.17) is 0 Å². The van der Waals surface area contributed by atoms with Gasteiger partial charge in [0.1, 0.15) is 6.33 Å². The van der Waals surface area contributed by atoms with Gasteiger partial charge < -0.3 is 0 Å². The van der Waals surface area contributed by atoms with Crippen LogP contribution < -0.4 is 10.3 Å². The number of aromatic amines is 1. The summed E-state index contributed by atoms with van der Waals surface area (Å²) < 4.78 is 27.2. The maximum atomic E-state index is 12.0. The van der Waals surface area contributed by atoms with E-state index in [-0.39, 0.29) is 17.5 Å². The number of nitrogens with zero attached hydrogens (tertiary/aromatic N) is 4. The van der Waals surface area contributed by atoms with Crippen molar-refractivity contribution in [1.29, 1.82) is 0 Å². The van der Waals surface area contributed by atoms with Crippen LogP contribution in [0, 0.1) is 11.8 Å². The molecule has 0 unspecified atom stereocenters. The summed E-state index contributed by atoms with van der Waals surface area (Å²) in [4.78, 5) is 22.5. The van der Waals surface area contributed by atoms with Gasteiger partial charge in [0.15, 0.2) is 0 Å². The second kappa shape index (κ2) is 6.26. The van der Waals surface area contributed by atoms with E-state index in [2.05, 4.69) is 38.5 Å². The van der Waals surface area contributed by atoms with Gasteiger partial charge in [0, 0.05) is 31.7 Å². The van der Waals surface area contributed by atoms with Crippen molar-refractivity contribution in [3.8, 4) is 0 Å². The highest BCUT2D eigenvalue weighted by Gasteiger charge is 2.36. The fourth-order valence-corrected chi connectivity index (χ4v) is 4.10. The molecule has 2 N–H and O–H groups in total. The van der Waals surface area contributed by atoms with E-state index in [1.807, 2.05) is 0 Å². The molecule has 1 aliphatic heterocycles. The molecular formula is C14H22N6O3S. The Morgan fingerprint density at radius 3 is 2.83 bits per heavy atom. The molecule has 132 valence electrons. The van der Waals surface area contributed by atoms with Crippen molar-refractivity contribution in [2.24, 2.45) is 11.8 Å². The molecule has 2 aromatic rings. The van der Waals surface area contributed by atoms with Gasteiger partial charge in [-0.15, -0.1) is 0 Å². The van der Waals surface area contributed by atoms with Crippen molar-refractivity contribution >= 4 is 15.8 Å². The maximum absolute atomic E-state index is 12.0. The van der Waals surface area contributed by atoms with Crippen LogP contribution in [0.5, 0.6) is 0 Å². The van der Waals surface area contributed by atoms with Gasteiger partial charge in [-0.25, -0.2) is 23.1 Å². The molecule has 1 aliphatic rings. The Hall–Kier alpha value is -1.78. The monoisotopic (exact) mass is 354 g/mol. The molecule has 0 spiro atoms. The lowest BCUT2D eigenvalue weighted by Crippen LogP contribution is -2.41. The second-order valence-corrected chi connectivity index (χ2v) is 8.49. The standard InChI is InChI=1S/C14H22N6O3S/c1-9(2)11-6-19(7-12(11)18-24(3,22)23)5-10-4-13(21)20-14(17-10)15-8-16-20/h4,8-9,11-12,18H,5-7H2,1-3H3,(H,15,16,17)/t11-,12+/m0/s1. The van der Waals surface area contributed by atoms with E-state index in [0.717, 1.165) is 6.54 Å². The third-order valence-corrected chi connectivity index (χ3v) is 5.10. The molecule has 10 heteroatoms. The first kappa shape index (κ1) is 17.1. The molecular weight excluding hydrogens is 332 g/mol. The van der Waals surface area contributed by atoms with Crippen LogP contribution in [0.1, 0.15) is 19.5 Å². The first-order chi connectivity index (χ1) is 11.2. The van der Waals surface area contributed by atoms with Crippen LogP contribution in [-0.4, -0.2) is 58.3 Å². The van der Waals surface area contributed by atoms with Crippen molar-refractivity contribution < 1.29 is 8.42 Å². The van der Waals surface area contributed by atoms with Gasteiger partial charge in [-0.2, -0.15) is 4.52 Å². The summed E-state index contributed by atoms with van der Waals surface area (Å²) >= 11 is 0. The largest absolute Gasteiger partial charge is 0.296 e. The molecule has 9 nitrogen and oxygen atoms in total. The third-order valence-electron chi connectivity index (χ3n) is 4.37. The van der Waals surface area contributed by atoms with E-state index < -0.39 is 10.0 Å². The van der Waals surface area contributed by atoms with E-state index in [1.54, 1.807) is 0 Å². The van der Waals surface area contributed by atoms with E-state index in [1.165, 1.54) is 23.2 Å². The van der Waals surface area contributed by atoms with Crippen LogP contribution in [0.15, 0.2) is 17.2 Å². The fourth-order valence-electron chi connectivity index (χ4n) is 3.30. The van der Waals surface area contributed by atoms with Gasteiger partial charge in [-0.3, -0.25) is 14.8 Å². The Morgan fingerprint density at radius 2 is 2.17 bits per heavy atom. The Labute approximate surface area is 140 Å². The smallest absolute Gasteiger partial charge is 0.274 e. The van der Waals surface area contributed by atoms with Crippen molar-refractivity contribution in [3.63, 3.8) is 0 Å². The van der Waals surface area contributed by atoms with Crippen molar-refractivity contribution in [2.45, 2.75) is 26.4 Å². The van der Waals surface area contributed by atoms with E-state index >= 15 is 0 Å². The molecule has 0 saturated carbocycles. The average molecular weight is 354 g/mol. The van der Waals surface area contributed by atoms with E-state index in [0.29, 0.717) is 30.5 Å². The summed E-state index contributed by atoms with van der Waals surface area (Å²) in [5, 5.41) is 2.70. The highest BCUT2D eigenvalue weighted by molar-refractivity contribution is 7.88. The van der Waals surface area contributed by atoms with E-state index in [9.17, 15) is 13.2 Å². The highest BCUT2D eigenvalue weighted by atomic mass is 32.2. The molecule has 3 heterocycles. The van der Waals surface area contributed by atoms with Gasteiger partial charge in [-0.05, 0) is 11.8 Å². The minimum absolute atomic E-state index is 0.129. The molecule has 0 radical (unpaired) electrons. The summed E-state index contributed by atoms with van der Waals surface area (Å²) in [6.07, 6.45) is 2.60. The Morgan fingerprint density at radius 1 is 1.42 bits per heavy atom. The molecule has 0 aromatic carbocycles. The summed E-state index contributed by atoms with van der Waals surface area (Å²) in [7, 11) is -3.26. The molecule has 3 rings (SSSR count). The predicted molar refractivity (Wildman–Crippen MR) is 89.0 cm³/mol. The first-order valence-corrected chi connectivity index (χ1v) is 9.74. The summed E-state index contributed by atoms with van der Waals surface area (Å²) in [6.45, 7) is 6.02. The number of rotatable bonds is 5. The normalized spacial score (nSPS) is 22.7. The molecule has 1 saturated heterocycles. The maximum Gasteiger partial charge on any atom is 0.274 e. The van der Waals surface area contributed by atoms with Crippen LogP contribution in [0.25, 0.3) is 5.78 Å². The number of hydrogen-bond acceptors (Lipinski definition) is 6. The summed E-state index contributed by atoms with van der Waals surface area (Å²) in [6, 6.07) is 1.35. The number of aromatic nitrogens is 4. The van der Waals surface area contributed by atoms with Gasteiger partial charge in [0.25, 0.3) is 11.3 Å². The molecule has 0 amide bonds.